The highest BCUT2D eigenvalue weighted by atomic mass is 79.9. The van der Waals surface area contributed by atoms with Crippen molar-refractivity contribution in [3.63, 3.8) is 0 Å². The highest BCUT2D eigenvalue weighted by molar-refractivity contribution is 9.10. The molecule has 0 atom stereocenters. The molecule has 26 heavy (non-hydrogen) atoms. The fourth-order valence-corrected chi connectivity index (χ4v) is 2.69. The Bertz CT molecular complexity index is 1050. The van der Waals surface area contributed by atoms with Gasteiger partial charge in [0.1, 0.15) is 5.82 Å². The maximum Gasteiger partial charge on any atom is 0.446 e. The van der Waals surface area contributed by atoms with E-state index in [9.17, 15) is 17.6 Å². The summed E-state index contributed by atoms with van der Waals surface area (Å²) < 4.78 is 47.1. The summed E-state index contributed by atoms with van der Waals surface area (Å²) in [6.45, 7) is 0.274. The lowest BCUT2D eigenvalue weighted by atomic mass is 10.3. The lowest BCUT2D eigenvalue weighted by molar-refractivity contribution is 0.309. The van der Waals surface area contributed by atoms with Crippen molar-refractivity contribution >= 4 is 32.6 Å². The van der Waals surface area contributed by atoms with Gasteiger partial charge in [-0.25, -0.2) is 31.5 Å². The molecule has 0 aliphatic carbocycles. The summed E-state index contributed by atoms with van der Waals surface area (Å²) in [6, 6.07) is 3.89. The Morgan fingerprint density at radius 3 is 2.77 bits per heavy atom. The third kappa shape index (κ3) is 3.81. The van der Waals surface area contributed by atoms with Crippen LogP contribution in [0.1, 0.15) is 0 Å². The van der Waals surface area contributed by atoms with E-state index in [4.69, 9.17) is 0 Å². The second-order valence-electron chi connectivity index (χ2n) is 4.76. The minimum absolute atomic E-state index is 0.0277. The molecule has 3 rings (SSSR count). The lowest BCUT2D eigenvalue weighted by Gasteiger charge is -2.05. The molecule has 2 heterocycles. The van der Waals surface area contributed by atoms with E-state index in [1.54, 1.807) is 0 Å². The van der Waals surface area contributed by atoms with E-state index in [-0.39, 0.29) is 40.6 Å². The molecule has 1 aromatic carbocycles. The standard InChI is InChI=1S/C12H10BrFN6O5S/c13-7-5-6(1-2-8(7)14)20-11(19-24-12(20)21)9-10(18-25-17-9)15-3-4-16-26(22)23/h1-2,5,26H,3-4H2,(H,15,18)(H,16,22,23). The van der Waals surface area contributed by atoms with Gasteiger partial charge in [0, 0.05) is 13.1 Å². The van der Waals surface area contributed by atoms with Crippen LogP contribution in [0.2, 0.25) is 0 Å². The smallest absolute Gasteiger partial charge is 0.364 e. The fourth-order valence-electron chi connectivity index (χ4n) is 2.03. The molecule has 0 saturated heterocycles. The van der Waals surface area contributed by atoms with Gasteiger partial charge >= 0.3 is 5.76 Å². The zero-order chi connectivity index (χ0) is 18.7. The van der Waals surface area contributed by atoms with Gasteiger partial charge in [-0.05, 0) is 44.4 Å². The van der Waals surface area contributed by atoms with E-state index in [2.05, 4.69) is 50.6 Å². The van der Waals surface area contributed by atoms with Crippen LogP contribution in [-0.2, 0) is 10.9 Å². The van der Waals surface area contributed by atoms with E-state index >= 15 is 0 Å². The molecule has 2 N–H and O–H groups in total. The second-order valence-corrected chi connectivity index (χ2v) is 6.44. The summed E-state index contributed by atoms with van der Waals surface area (Å²) in [4.78, 5) is 12.0. The number of anilines is 1. The zero-order valence-electron chi connectivity index (χ0n) is 12.7. The van der Waals surface area contributed by atoms with Crippen LogP contribution in [0.5, 0.6) is 0 Å². The normalized spacial score (nSPS) is 11.2. The molecule has 0 bridgehead atoms. The van der Waals surface area contributed by atoms with Crippen LogP contribution in [0.15, 0.2) is 36.6 Å². The first-order valence-electron chi connectivity index (χ1n) is 6.96. The molecular formula is C12H10BrFN6O5S. The number of nitrogens with one attached hydrogen (secondary N) is 2. The third-order valence-electron chi connectivity index (χ3n) is 3.12. The zero-order valence-corrected chi connectivity index (χ0v) is 15.2. The second kappa shape index (κ2) is 7.76. The maximum absolute atomic E-state index is 13.4. The predicted molar refractivity (Wildman–Crippen MR) is 89.9 cm³/mol. The van der Waals surface area contributed by atoms with E-state index < -0.39 is 22.5 Å². The molecule has 0 amide bonds. The number of aromatic nitrogens is 4. The maximum atomic E-state index is 13.4. The van der Waals surface area contributed by atoms with Crippen molar-refractivity contribution in [3.05, 3.63) is 39.0 Å². The first-order valence-corrected chi connectivity index (χ1v) is 8.93. The average Bonchev–Trinajstić information content (AvgIpc) is 3.20. The summed E-state index contributed by atoms with van der Waals surface area (Å²) >= 11 is 3.04. The van der Waals surface area contributed by atoms with Crippen molar-refractivity contribution in [2.45, 2.75) is 0 Å². The van der Waals surface area contributed by atoms with Crippen LogP contribution in [0.4, 0.5) is 10.2 Å². The Kier molecular flexibility index (Phi) is 5.43. The monoisotopic (exact) mass is 448 g/mol. The Morgan fingerprint density at radius 2 is 2.04 bits per heavy atom. The first-order chi connectivity index (χ1) is 12.5. The molecule has 0 radical (unpaired) electrons. The van der Waals surface area contributed by atoms with Crippen LogP contribution in [0, 0.1) is 5.82 Å². The highest BCUT2D eigenvalue weighted by Gasteiger charge is 2.23. The minimum atomic E-state index is -2.72. The van der Waals surface area contributed by atoms with Gasteiger partial charge in [0.15, 0.2) is 5.69 Å². The Balaban J connectivity index is 1.93. The van der Waals surface area contributed by atoms with Crippen LogP contribution >= 0.6 is 15.9 Å². The van der Waals surface area contributed by atoms with Crippen molar-refractivity contribution in [2.24, 2.45) is 0 Å². The van der Waals surface area contributed by atoms with Gasteiger partial charge in [-0.2, -0.15) is 0 Å². The summed E-state index contributed by atoms with van der Waals surface area (Å²) in [5, 5.41) is 13.8. The van der Waals surface area contributed by atoms with Gasteiger partial charge in [-0.15, -0.1) is 0 Å². The van der Waals surface area contributed by atoms with E-state index in [1.165, 1.54) is 18.2 Å². The van der Waals surface area contributed by atoms with Crippen LogP contribution in [-0.4, -0.2) is 41.5 Å². The Labute approximate surface area is 154 Å². The molecule has 11 nitrogen and oxygen atoms in total. The number of halogens is 2. The molecular weight excluding hydrogens is 439 g/mol. The molecule has 0 fully saturated rings. The number of rotatable bonds is 7. The fraction of sp³-hybridized carbons (Fsp3) is 0.167. The summed E-state index contributed by atoms with van der Waals surface area (Å²) in [5.74, 6) is -1.23. The number of thiol groups is 1. The van der Waals surface area contributed by atoms with Gasteiger partial charge in [0.05, 0.1) is 10.2 Å². The van der Waals surface area contributed by atoms with Gasteiger partial charge in [-0.3, -0.25) is 4.52 Å². The van der Waals surface area contributed by atoms with Gasteiger partial charge in [0.2, 0.25) is 22.5 Å². The van der Waals surface area contributed by atoms with Gasteiger partial charge in [-0.1, -0.05) is 5.16 Å². The third-order valence-corrected chi connectivity index (χ3v) is 4.21. The molecule has 0 aliphatic rings. The molecule has 0 aliphatic heterocycles. The lowest BCUT2D eigenvalue weighted by Crippen LogP contribution is -2.21. The number of hydrogen-bond donors (Lipinski definition) is 3. The van der Waals surface area contributed by atoms with Crippen molar-refractivity contribution in [1.82, 2.24) is 24.8 Å². The van der Waals surface area contributed by atoms with E-state index in [0.717, 1.165) is 4.57 Å². The summed E-state index contributed by atoms with van der Waals surface area (Å²) in [7, 11) is -2.72. The number of nitrogens with zero attached hydrogens (tertiary/aromatic N) is 4. The minimum Gasteiger partial charge on any atom is -0.364 e. The molecule has 14 heteroatoms. The van der Waals surface area contributed by atoms with Crippen molar-refractivity contribution in [2.75, 3.05) is 18.4 Å². The first kappa shape index (κ1) is 18.2. The molecule has 0 unspecified atom stereocenters. The Morgan fingerprint density at radius 1 is 1.23 bits per heavy atom. The van der Waals surface area contributed by atoms with Gasteiger partial charge < -0.3 is 5.32 Å². The quantitative estimate of drug-likeness (QED) is 0.343. The number of hydrogen-bond acceptors (Lipinski definition) is 9. The van der Waals surface area contributed by atoms with E-state index in [1.807, 2.05) is 0 Å². The van der Waals surface area contributed by atoms with Gasteiger partial charge in [0.25, 0.3) is 0 Å². The average molecular weight is 449 g/mol. The summed E-state index contributed by atoms with van der Waals surface area (Å²) in [5.41, 5.74) is 0.335. The van der Waals surface area contributed by atoms with Crippen molar-refractivity contribution < 1.29 is 22.0 Å². The van der Waals surface area contributed by atoms with Crippen LogP contribution in [0.25, 0.3) is 17.2 Å². The van der Waals surface area contributed by atoms with Crippen molar-refractivity contribution in [1.29, 1.82) is 0 Å². The molecule has 3 aromatic rings. The molecule has 2 aromatic heterocycles. The van der Waals surface area contributed by atoms with Crippen LogP contribution < -0.4 is 15.8 Å². The molecule has 0 saturated carbocycles. The van der Waals surface area contributed by atoms with E-state index in [0.29, 0.717) is 0 Å². The highest BCUT2D eigenvalue weighted by Crippen LogP contribution is 2.25. The van der Waals surface area contributed by atoms with Crippen LogP contribution in [0.3, 0.4) is 0 Å². The Hall–Kier alpha value is -2.58. The topological polar surface area (TPSA) is 145 Å². The number of benzene rings is 1. The van der Waals surface area contributed by atoms with Crippen molar-refractivity contribution in [3.8, 4) is 17.2 Å². The largest absolute Gasteiger partial charge is 0.446 e. The molecule has 0 spiro atoms. The molecule has 138 valence electrons. The predicted octanol–water partition coefficient (Wildman–Crippen LogP) is 0.305. The summed E-state index contributed by atoms with van der Waals surface area (Å²) in [6.07, 6.45) is 0. The SMILES string of the molecule is O=c1onc(-c2nonc2NCCN[SH](=O)=O)n1-c1ccc(F)c(Br)c1.